The van der Waals surface area contributed by atoms with Gasteiger partial charge in [0.2, 0.25) is 0 Å². The summed E-state index contributed by atoms with van der Waals surface area (Å²) in [6.07, 6.45) is 0. The van der Waals surface area contributed by atoms with Crippen LogP contribution in [-0.2, 0) is 0 Å². The van der Waals surface area contributed by atoms with Gasteiger partial charge in [-0.2, -0.15) is 0 Å². The summed E-state index contributed by atoms with van der Waals surface area (Å²) in [6.45, 7) is 0. The highest BCUT2D eigenvalue weighted by molar-refractivity contribution is 7.26. The SMILES string of the molecule is c1ccc(-n2c3ccccc3c3c(-c4cccc5c4c4ccccc4n5-c4cc(-c5ccc6sc7ccccc7c6c5)c5sc6ccccc6c5c4)cccc32)cc1. The fourth-order valence-electron chi connectivity index (χ4n) is 9.67. The number of para-hydroxylation sites is 3. The average Bonchev–Trinajstić information content (AvgIpc) is 4.04. The summed E-state index contributed by atoms with van der Waals surface area (Å²) in [6, 6.07) is 71.9. The van der Waals surface area contributed by atoms with E-state index in [0.29, 0.717) is 0 Å². The average molecular weight is 773 g/mol. The molecule has 0 N–H and O–H groups in total. The summed E-state index contributed by atoms with van der Waals surface area (Å²) in [7, 11) is 0. The molecule has 0 aliphatic heterocycles. The molecule has 0 aliphatic carbocycles. The molecule has 4 aromatic heterocycles. The fraction of sp³-hybridized carbons (Fsp3) is 0. The highest BCUT2D eigenvalue weighted by Crippen LogP contribution is 2.47. The molecule has 9 aromatic carbocycles. The van der Waals surface area contributed by atoms with E-state index in [1.54, 1.807) is 0 Å². The Balaban J connectivity index is 1.11. The van der Waals surface area contributed by atoms with Gasteiger partial charge in [0, 0.05) is 78.8 Å². The molecular weight excluding hydrogens is 741 g/mol. The monoisotopic (exact) mass is 772 g/mol. The van der Waals surface area contributed by atoms with E-state index < -0.39 is 0 Å². The third-order valence-electron chi connectivity index (χ3n) is 12.1. The maximum absolute atomic E-state index is 2.51. The predicted octanol–water partition coefficient (Wildman–Crippen LogP) is 16.0. The van der Waals surface area contributed by atoms with Crippen molar-refractivity contribution in [3.05, 3.63) is 194 Å². The van der Waals surface area contributed by atoms with Gasteiger partial charge in [0.1, 0.15) is 0 Å². The quantitative estimate of drug-likeness (QED) is 0.169. The van der Waals surface area contributed by atoms with Crippen LogP contribution in [0.4, 0.5) is 0 Å². The van der Waals surface area contributed by atoms with Gasteiger partial charge in [-0.15, -0.1) is 22.7 Å². The minimum atomic E-state index is 1.17. The molecule has 0 bridgehead atoms. The molecule has 270 valence electrons. The van der Waals surface area contributed by atoms with Crippen molar-refractivity contribution in [2.24, 2.45) is 0 Å². The van der Waals surface area contributed by atoms with Gasteiger partial charge < -0.3 is 9.13 Å². The highest BCUT2D eigenvalue weighted by Gasteiger charge is 2.22. The first-order chi connectivity index (χ1) is 28.8. The van der Waals surface area contributed by atoms with E-state index in [4.69, 9.17) is 0 Å². The first kappa shape index (κ1) is 32.1. The van der Waals surface area contributed by atoms with Gasteiger partial charge in [-0.05, 0) is 89.5 Å². The maximum atomic E-state index is 2.51. The van der Waals surface area contributed by atoms with Crippen LogP contribution in [-0.4, -0.2) is 9.13 Å². The van der Waals surface area contributed by atoms with E-state index in [2.05, 4.69) is 203 Å². The van der Waals surface area contributed by atoms with Gasteiger partial charge in [0.25, 0.3) is 0 Å². The van der Waals surface area contributed by atoms with Crippen molar-refractivity contribution in [2.45, 2.75) is 0 Å². The number of nitrogens with zero attached hydrogens (tertiary/aromatic N) is 2. The van der Waals surface area contributed by atoms with E-state index in [9.17, 15) is 0 Å². The maximum Gasteiger partial charge on any atom is 0.0547 e. The minimum Gasteiger partial charge on any atom is -0.309 e. The molecule has 4 heteroatoms. The second-order valence-electron chi connectivity index (χ2n) is 15.2. The molecule has 0 radical (unpaired) electrons. The molecule has 0 amide bonds. The van der Waals surface area contributed by atoms with Gasteiger partial charge >= 0.3 is 0 Å². The third-order valence-corrected chi connectivity index (χ3v) is 14.5. The number of aromatic nitrogens is 2. The second-order valence-corrected chi connectivity index (χ2v) is 17.4. The Bertz CT molecular complexity index is 3800. The molecule has 0 spiro atoms. The molecule has 4 heterocycles. The Kier molecular flexibility index (Phi) is 6.79. The smallest absolute Gasteiger partial charge is 0.0547 e. The highest BCUT2D eigenvalue weighted by atomic mass is 32.1. The van der Waals surface area contributed by atoms with Gasteiger partial charge in [-0.25, -0.2) is 0 Å². The lowest BCUT2D eigenvalue weighted by Gasteiger charge is -2.13. The molecule has 0 aliphatic rings. The first-order valence-electron chi connectivity index (χ1n) is 19.8. The van der Waals surface area contributed by atoms with Crippen LogP contribution in [0.5, 0.6) is 0 Å². The van der Waals surface area contributed by atoms with E-state index in [1.807, 2.05) is 22.7 Å². The van der Waals surface area contributed by atoms with Crippen molar-refractivity contribution >= 4 is 107 Å². The Morgan fingerprint density at radius 2 is 0.810 bits per heavy atom. The molecular formula is C54H32N2S2. The van der Waals surface area contributed by atoms with Crippen molar-refractivity contribution in [3.8, 4) is 33.6 Å². The van der Waals surface area contributed by atoms with Crippen molar-refractivity contribution in [2.75, 3.05) is 0 Å². The van der Waals surface area contributed by atoms with Gasteiger partial charge in [-0.3, -0.25) is 0 Å². The van der Waals surface area contributed by atoms with Crippen molar-refractivity contribution < 1.29 is 0 Å². The Hall–Kier alpha value is -6.98. The van der Waals surface area contributed by atoms with E-state index in [-0.39, 0.29) is 0 Å². The molecule has 58 heavy (non-hydrogen) atoms. The number of thiophene rings is 2. The lowest BCUT2D eigenvalue weighted by atomic mass is 9.95. The van der Waals surface area contributed by atoms with Crippen molar-refractivity contribution in [3.63, 3.8) is 0 Å². The zero-order valence-electron chi connectivity index (χ0n) is 31.2. The lowest BCUT2D eigenvalue weighted by Crippen LogP contribution is -1.95. The molecule has 0 fully saturated rings. The third kappa shape index (κ3) is 4.53. The number of hydrogen-bond acceptors (Lipinski definition) is 2. The standard InChI is InChI=1S/C54H32N2S2/c1-2-14-34(15-3-1)55-45-22-8-4-18-40(45)52-38(20-12-24-47(52)55)39-21-13-25-48-53(39)41-19-5-9-23-46(41)56(48)35-31-42(54-44(32-35)37-17-7-11-27-50(37)58-54)33-28-29-51-43(30-33)36-16-6-10-26-49(36)57-51/h1-32H. The molecule has 13 aromatic rings. The zero-order valence-corrected chi connectivity index (χ0v) is 32.8. The van der Waals surface area contributed by atoms with Crippen LogP contribution in [0.2, 0.25) is 0 Å². The van der Waals surface area contributed by atoms with Crippen LogP contribution in [0.3, 0.4) is 0 Å². The summed E-state index contributed by atoms with van der Waals surface area (Å²) in [5.41, 5.74) is 12.2. The summed E-state index contributed by atoms with van der Waals surface area (Å²) in [5, 5.41) is 10.3. The molecule has 13 rings (SSSR count). The number of rotatable bonds is 4. The summed E-state index contributed by atoms with van der Waals surface area (Å²) in [4.78, 5) is 0. The molecule has 2 nitrogen and oxygen atoms in total. The summed E-state index contributed by atoms with van der Waals surface area (Å²) < 4.78 is 10.2. The number of benzene rings is 9. The van der Waals surface area contributed by atoms with Crippen LogP contribution in [0.25, 0.3) is 118 Å². The van der Waals surface area contributed by atoms with Gasteiger partial charge in [-0.1, -0.05) is 121 Å². The predicted molar refractivity (Wildman–Crippen MR) is 252 cm³/mol. The number of fused-ring (bicyclic) bond motifs is 12. The largest absolute Gasteiger partial charge is 0.309 e. The first-order valence-corrected chi connectivity index (χ1v) is 21.4. The van der Waals surface area contributed by atoms with Crippen molar-refractivity contribution in [1.29, 1.82) is 0 Å². The van der Waals surface area contributed by atoms with Gasteiger partial charge in [0.15, 0.2) is 0 Å². The topological polar surface area (TPSA) is 9.86 Å². The Morgan fingerprint density at radius 1 is 0.293 bits per heavy atom. The lowest BCUT2D eigenvalue weighted by molar-refractivity contribution is 1.18. The van der Waals surface area contributed by atoms with Crippen LogP contribution >= 0.6 is 22.7 Å². The van der Waals surface area contributed by atoms with E-state index in [0.717, 1.165) is 0 Å². The normalized spacial score (nSPS) is 12.1. The second kappa shape index (κ2) is 12.3. The Morgan fingerprint density at radius 3 is 1.48 bits per heavy atom. The molecule has 0 saturated heterocycles. The van der Waals surface area contributed by atoms with E-state index in [1.165, 1.54) is 118 Å². The van der Waals surface area contributed by atoms with E-state index >= 15 is 0 Å². The molecule has 0 atom stereocenters. The van der Waals surface area contributed by atoms with Crippen LogP contribution < -0.4 is 0 Å². The molecule has 0 saturated carbocycles. The van der Waals surface area contributed by atoms with Crippen LogP contribution in [0.15, 0.2) is 194 Å². The zero-order chi connectivity index (χ0) is 37.9. The van der Waals surface area contributed by atoms with Gasteiger partial charge in [0.05, 0.1) is 22.1 Å². The number of hydrogen-bond donors (Lipinski definition) is 0. The van der Waals surface area contributed by atoms with Crippen LogP contribution in [0.1, 0.15) is 0 Å². The fourth-order valence-corrected chi connectivity index (χ4v) is 12.0. The van der Waals surface area contributed by atoms with Crippen LogP contribution in [0, 0.1) is 0 Å². The van der Waals surface area contributed by atoms with Crippen molar-refractivity contribution in [1.82, 2.24) is 9.13 Å². The summed E-state index contributed by atoms with van der Waals surface area (Å²) in [5.74, 6) is 0. The minimum absolute atomic E-state index is 1.17. The Labute approximate surface area is 341 Å². The summed E-state index contributed by atoms with van der Waals surface area (Å²) >= 11 is 3.78. The molecule has 0 unspecified atom stereocenters.